The fourth-order valence-corrected chi connectivity index (χ4v) is 3.25. The molecule has 0 fully saturated rings. The number of hydrogen-bond donors (Lipinski definition) is 2. The Morgan fingerprint density at radius 1 is 1.21 bits per heavy atom. The van der Waals surface area contributed by atoms with Crippen molar-refractivity contribution in [1.82, 2.24) is 5.43 Å². The third-order valence-electron chi connectivity index (χ3n) is 3.00. The van der Waals surface area contributed by atoms with Gasteiger partial charge < -0.3 is 0 Å². The van der Waals surface area contributed by atoms with Gasteiger partial charge in [-0.15, -0.1) is 11.3 Å². The maximum atomic E-state index is 6.03. The van der Waals surface area contributed by atoms with Crippen LogP contribution in [0.4, 0.5) is 0 Å². The summed E-state index contributed by atoms with van der Waals surface area (Å²) in [7, 11) is 0. The first kappa shape index (κ1) is 14.8. The van der Waals surface area contributed by atoms with Crippen molar-refractivity contribution < 1.29 is 0 Å². The summed E-state index contributed by atoms with van der Waals surface area (Å²) < 4.78 is 0. The van der Waals surface area contributed by atoms with E-state index in [1.165, 1.54) is 9.75 Å². The van der Waals surface area contributed by atoms with Crippen molar-refractivity contribution in [3.63, 3.8) is 0 Å². The molecule has 5 heteroatoms. The lowest BCUT2D eigenvalue weighted by atomic mass is 10.1. The highest BCUT2D eigenvalue weighted by Crippen LogP contribution is 2.28. The second-order valence-electron chi connectivity index (χ2n) is 4.33. The Bertz CT molecular complexity index is 554. The summed E-state index contributed by atoms with van der Waals surface area (Å²) in [4.78, 5) is 2.61. The van der Waals surface area contributed by atoms with E-state index >= 15 is 0 Å². The van der Waals surface area contributed by atoms with Gasteiger partial charge in [-0.2, -0.15) is 0 Å². The van der Waals surface area contributed by atoms with Crippen LogP contribution in [0, 0.1) is 0 Å². The summed E-state index contributed by atoms with van der Waals surface area (Å²) in [6.45, 7) is 2.15. The predicted octanol–water partition coefficient (Wildman–Crippen LogP) is 4.36. The van der Waals surface area contributed by atoms with Crippen LogP contribution in [0.5, 0.6) is 0 Å². The molecule has 2 aromatic rings. The Kier molecular flexibility index (Phi) is 5.25. The van der Waals surface area contributed by atoms with Gasteiger partial charge in [-0.3, -0.25) is 11.3 Å². The molecule has 0 aliphatic carbocycles. The van der Waals surface area contributed by atoms with Gasteiger partial charge in [0.2, 0.25) is 0 Å². The van der Waals surface area contributed by atoms with Crippen LogP contribution in [-0.4, -0.2) is 0 Å². The molecule has 0 saturated heterocycles. The molecule has 0 aliphatic heterocycles. The largest absolute Gasteiger partial charge is 0.271 e. The van der Waals surface area contributed by atoms with Crippen LogP contribution in [0.2, 0.25) is 10.0 Å². The SMILES string of the molecule is CCc1ccc(C(Cc2ccc(Cl)c(Cl)c2)NN)s1. The Labute approximate surface area is 127 Å². The molecule has 2 nitrogen and oxygen atoms in total. The van der Waals surface area contributed by atoms with Gasteiger partial charge in [-0.25, -0.2) is 0 Å². The minimum atomic E-state index is 0.0996. The lowest BCUT2D eigenvalue weighted by Gasteiger charge is -2.14. The van der Waals surface area contributed by atoms with Gasteiger partial charge in [-0.1, -0.05) is 36.2 Å². The van der Waals surface area contributed by atoms with Crippen LogP contribution in [0.25, 0.3) is 0 Å². The van der Waals surface area contributed by atoms with Crippen LogP contribution in [0.1, 0.15) is 28.3 Å². The molecule has 1 aromatic carbocycles. The second-order valence-corrected chi connectivity index (χ2v) is 6.34. The van der Waals surface area contributed by atoms with Crippen molar-refractivity contribution in [2.24, 2.45) is 5.84 Å². The van der Waals surface area contributed by atoms with E-state index in [0.29, 0.717) is 10.0 Å². The molecule has 1 unspecified atom stereocenters. The molecular formula is C14H16Cl2N2S. The van der Waals surface area contributed by atoms with Crippen LogP contribution in [-0.2, 0) is 12.8 Å². The van der Waals surface area contributed by atoms with Crippen LogP contribution in [0.3, 0.4) is 0 Å². The molecule has 102 valence electrons. The number of nitrogens with one attached hydrogen (secondary N) is 1. The Hall–Kier alpha value is -0.580. The number of benzene rings is 1. The number of hydrogen-bond acceptors (Lipinski definition) is 3. The Balaban J connectivity index is 2.16. The van der Waals surface area contributed by atoms with Gasteiger partial charge in [0, 0.05) is 9.75 Å². The molecule has 0 aliphatic rings. The van der Waals surface area contributed by atoms with Crippen LogP contribution >= 0.6 is 34.5 Å². The highest BCUT2D eigenvalue weighted by molar-refractivity contribution is 7.12. The quantitative estimate of drug-likeness (QED) is 0.635. The normalized spacial score (nSPS) is 12.6. The lowest BCUT2D eigenvalue weighted by molar-refractivity contribution is 0.560. The van der Waals surface area contributed by atoms with E-state index in [2.05, 4.69) is 24.5 Å². The van der Waals surface area contributed by atoms with E-state index in [1.807, 2.05) is 18.2 Å². The fourth-order valence-electron chi connectivity index (χ4n) is 1.92. The predicted molar refractivity (Wildman–Crippen MR) is 83.9 cm³/mol. The highest BCUT2D eigenvalue weighted by atomic mass is 35.5. The van der Waals surface area contributed by atoms with E-state index in [0.717, 1.165) is 18.4 Å². The molecule has 0 radical (unpaired) electrons. The standard InChI is InChI=1S/C14H16Cl2N2S/c1-2-10-4-6-14(19-10)13(18-17)8-9-3-5-11(15)12(16)7-9/h3-7,13,18H,2,8,17H2,1H3. The van der Waals surface area contributed by atoms with Crippen molar-refractivity contribution >= 4 is 34.5 Å². The number of thiophene rings is 1. The monoisotopic (exact) mass is 314 g/mol. The molecule has 1 atom stereocenters. The summed E-state index contributed by atoms with van der Waals surface area (Å²) >= 11 is 13.7. The molecular weight excluding hydrogens is 299 g/mol. The molecule has 0 amide bonds. The van der Waals surface area contributed by atoms with Crippen molar-refractivity contribution in [3.05, 3.63) is 55.7 Å². The summed E-state index contributed by atoms with van der Waals surface area (Å²) in [6.07, 6.45) is 1.84. The zero-order chi connectivity index (χ0) is 13.8. The first-order valence-electron chi connectivity index (χ1n) is 6.12. The number of nitrogens with two attached hydrogens (primary N) is 1. The average molecular weight is 315 g/mol. The second kappa shape index (κ2) is 6.73. The van der Waals surface area contributed by atoms with Crippen LogP contribution < -0.4 is 11.3 Å². The maximum Gasteiger partial charge on any atom is 0.0595 e. The van der Waals surface area contributed by atoms with Crippen LogP contribution in [0.15, 0.2) is 30.3 Å². The summed E-state index contributed by atoms with van der Waals surface area (Å²) in [6, 6.07) is 10.1. The Morgan fingerprint density at radius 2 is 2.00 bits per heavy atom. The third kappa shape index (κ3) is 3.71. The number of aryl methyl sites for hydroxylation is 1. The first-order valence-corrected chi connectivity index (χ1v) is 7.70. The zero-order valence-electron chi connectivity index (χ0n) is 10.6. The van der Waals surface area contributed by atoms with E-state index in [-0.39, 0.29) is 6.04 Å². The van der Waals surface area contributed by atoms with Gasteiger partial charge in [0.15, 0.2) is 0 Å². The van der Waals surface area contributed by atoms with Gasteiger partial charge in [0.1, 0.15) is 0 Å². The maximum absolute atomic E-state index is 6.03. The van der Waals surface area contributed by atoms with Crippen molar-refractivity contribution in [2.75, 3.05) is 0 Å². The molecule has 1 heterocycles. The third-order valence-corrected chi connectivity index (χ3v) is 5.08. The van der Waals surface area contributed by atoms with Gasteiger partial charge >= 0.3 is 0 Å². The molecule has 3 N–H and O–H groups in total. The topological polar surface area (TPSA) is 38.0 Å². The summed E-state index contributed by atoms with van der Waals surface area (Å²) in [5, 5.41) is 1.16. The minimum absolute atomic E-state index is 0.0996. The zero-order valence-corrected chi connectivity index (χ0v) is 12.9. The van der Waals surface area contributed by atoms with E-state index in [1.54, 1.807) is 11.3 Å². The number of halogens is 2. The summed E-state index contributed by atoms with van der Waals surface area (Å²) in [5.41, 5.74) is 3.99. The average Bonchev–Trinajstić information content (AvgIpc) is 2.88. The molecule has 19 heavy (non-hydrogen) atoms. The molecule has 1 aromatic heterocycles. The summed E-state index contributed by atoms with van der Waals surface area (Å²) in [5.74, 6) is 5.67. The van der Waals surface area contributed by atoms with Crippen molar-refractivity contribution in [1.29, 1.82) is 0 Å². The minimum Gasteiger partial charge on any atom is -0.271 e. The van der Waals surface area contributed by atoms with E-state index in [4.69, 9.17) is 29.0 Å². The van der Waals surface area contributed by atoms with E-state index < -0.39 is 0 Å². The molecule has 0 spiro atoms. The first-order chi connectivity index (χ1) is 9.13. The van der Waals surface area contributed by atoms with Gasteiger partial charge in [0.25, 0.3) is 0 Å². The van der Waals surface area contributed by atoms with E-state index in [9.17, 15) is 0 Å². The number of rotatable bonds is 5. The smallest absolute Gasteiger partial charge is 0.0595 e. The van der Waals surface area contributed by atoms with Gasteiger partial charge in [0.05, 0.1) is 16.1 Å². The lowest BCUT2D eigenvalue weighted by Crippen LogP contribution is -2.28. The molecule has 2 rings (SSSR count). The number of hydrazine groups is 1. The van der Waals surface area contributed by atoms with Gasteiger partial charge in [-0.05, 0) is 42.7 Å². The highest BCUT2D eigenvalue weighted by Gasteiger charge is 2.13. The molecule has 0 bridgehead atoms. The molecule has 0 saturated carbocycles. The fraction of sp³-hybridized carbons (Fsp3) is 0.286. The Morgan fingerprint density at radius 3 is 2.58 bits per heavy atom. The van der Waals surface area contributed by atoms with Crippen molar-refractivity contribution in [2.45, 2.75) is 25.8 Å². The van der Waals surface area contributed by atoms with Crippen molar-refractivity contribution in [3.8, 4) is 0 Å².